The first-order chi connectivity index (χ1) is 17.6. The normalized spacial score (nSPS) is 14.4. The van der Waals surface area contributed by atoms with Gasteiger partial charge in [-0.25, -0.2) is 23.7 Å². The van der Waals surface area contributed by atoms with Crippen LogP contribution in [0, 0.1) is 12.7 Å². The van der Waals surface area contributed by atoms with Crippen LogP contribution in [0.2, 0.25) is 0 Å². The van der Waals surface area contributed by atoms with Crippen molar-refractivity contribution in [2.24, 2.45) is 0 Å². The maximum Gasteiger partial charge on any atom is 0.344 e. The van der Waals surface area contributed by atoms with Crippen molar-refractivity contribution >= 4 is 16.6 Å². The molecule has 0 fully saturated rings. The Morgan fingerprint density at radius 1 is 0.944 bits per heavy atom. The molecule has 8 heteroatoms. The molecule has 3 aromatic carbocycles. The van der Waals surface area contributed by atoms with Crippen LogP contribution in [-0.4, -0.2) is 19.6 Å². The van der Waals surface area contributed by atoms with E-state index in [1.54, 1.807) is 28.8 Å². The molecule has 0 saturated carbocycles. The molecule has 36 heavy (non-hydrogen) atoms. The molecule has 7 nitrogen and oxygen atoms in total. The molecular formula is C28H17FN4O3. The zero-order chi connectivity index (χ0) is 24.4. The number of hydrogen-bond donors (Lipinski definition) is 0. The second kappa shape index (κ2) is 7.58. The van der Waals surface area contributed by atoms with Crippen molar-refractivity contribution in [3.63, 3.8) is 0 Å². The van der Waals surface area contributed by atoms with Crippen molar-refractivity contribution < 1.29 is 13.5 Å². The van der Waals surface area contributed by atoms with Gasteiger partial charge in [-0.2, -0.15) is 0 Å². The highest BCUT2D eigenvalue weighted by Gasteiger charge is 2.37. The zero-order valence-electron chi connectivity index (χ0n) is 19.0. The third kappa shape index (κ3) is 3.04. The smallest absolute Gasteiger partial charge is 0.344 e. The van der Waals surface area contributed by atoms with Gasteiger partial charge in [0.15, 0.2) is 17.2 Å². The Bertz CT molecular complexity index is 1860. The third-order valence-corrected chi connectivity index (χ3v) is 6.48. The number of ether oxygens (including phenoxy) is 1. The quantitative estimate of drug-likeness (QED) is 0.301. The van der Waals surface area contributed by atoms with Crippen LogP contribution in [-0.2, 0) is 0 Å². The fourth-order valence-corrected chi connectivity index (χ4v) is 4.74. The molecule has 1 unspecified atom stereocenters. The molecule has 1 aliphatic rings. The van der Waals surface area contributed by atoms with E-state index in [-0.39, 0.29) is 5.82 Å². The molecule has 174 valence electrons. The van der Waals surface area contributed by atoms with Gasteiger partial charge in [0.1, 0.15) is 17.7 Å². The number of fused-ring (bicyclic) bond motifs is 6. The number of para-hydroxylation sites is 1. The van der Waals surface area contributed by atoms with Gasteiger partial charge in [0, 0.05) is 5.56 Å². The van der Waals surface area contributed by atoms with Crippen molar-refractivity contribution in [2.75, 3.05) is 0 Å². The first kappa shape index (κ1) is 20.5. The number of benzene rings is 3. The van der Waals surface area contributed by atoms with E-state index >= 15 is 0 Å². The van der Waals surface area contributed by atoms with Crippen molar-refractivity contribution in [1.82, 2.24) is 19.6 Å². The Morgan fingerprint density at radius 2 is 1.72 bits per heavy atom. The molecule has 6 aromatic rings. The maximum atomic E-state index is 13.5. The van der Waals surface area contributed by atoms with Gasteiger partial charge in [-0.05, 0) is 48.9 Å². The minimum absolute atomic E-state index is 0.342. The van der Waals surface area contributed by atoms with Gasteiger partial charge in [-0.15, -0.1) is 5.10 Å². The highest BCUT2D eigenvalue weighted by Crippen LogP contribution is 2.48. The zero-order valence-corrected chi connectivity index (χ0v) is 19.0. The molecule has 7 rings (SSSR count). The molecular weight excluding hydrogens is 459 g/mol. The van der Waals surface area contributed by atoms with Crippen LogP contribution in [0.3, 0.4) is 0 Å². The predicted octanol–water partition coefficient (Wildman–Crippen LogP) is 5.63. The van der Waals surface area contributed by atoms with E-state index in [2.05, 4.69) is 10.1 Å². The Balaban J connectivity index is 1.54. The Morgan fingerprint density at radius 3 is 2.53 bits per heavy atom. The van der Waals surface area contributed by atoms with E-state index in [1.807, 2.05) is 43.3 Å². The molecule has 0 N–H and O–H groups in total. The van der Waals surface area contributed by atoms with E-state index < -0.39 is 11.5 Å². The minimum Gasteiger partial charge on any atom is -0.437 e. The number of nitrogens with zero attached hydrogens (tertiary/aromatic N) is 4. The van der Waals surface area contributed by atoms with Crippen LogP contribution in [0.4, 0.5) is 4.39 Å². The molecule has 0 saturated heterocycles. The SMILES string of the molecule is Cc1ccc(C2c3c(c4ccccc4oc3=O)Oc3ncn4nc(-c5ccc(F)cc5)nc4c32)cc1. The first-order valence-corrected chi connectivity index (χ1v) is 11.4. The first-order valence-electron chi connectivity index (χ1n) is 11.4. The molecule has 1 atom stereocenters. The van der Waals surface area contributed by atoms with E-state index in [9.17, 15) is 9.18 Å². The van der Waals surface area contributed by atoms with Crippen LogP contribution in [0.1, 0.15) is 28.2 Å². The summed E-state index contributed by atoms with van der Waals surface area (Å²) in [5.74, 6) is 0.283. The monoisotopic (exact) mass is 476 g/mol. The molecule has 0 bridgehead atoms. The van der Waals surface area contributed by atoms with Crippen LogP contribution < -0.4 is 10.4 Å². The summed E-state index contributed by atoms with van der Waals surface area (Å²) < 4.78 is 27.0. The second-order valence-corrected chi connectivity index (χ2v) is 8.75. The lowest BCUT2D eigenvalue weighted by molar-refractivity contribution is 0.422. The van der Waals surface area contributed by atoms with Gasteiger partial charge in [-0.1, -0.05) is 42.0 Å². The Labute approximate surface area is 203 Å². The minimum atomic E-state index is -0.549. The lowest BCUT2D eigenvalue weighted by Crippen LogP contribution is -2.22. The Hall–Kier alpha value is -4.85. The summed E-state index contributed by atoms with van der Waals surface area (Å²) in [6, 6.07) is 21.2. The van der Waals surface area contributed by atoms with Gasteiger partial charge in [-0.3, -0.25) is 0 Å². The number of aryl methyl sites for hydroxylation is 1. The van der Waals surface area contributed by atoms with Crippen LogP contribution in [0.15, 0.2) is 88.3 Å². The summed E-state index contributed by atoms with van der Waals surface area (Å²) in [7, 11) is 0. The van der Waals surface area contributed by atoms with Crippen molar-refractivity contribution in [1.29, 1.82) is 0 Å². The Kier molecular flexibility index (Phi) is 4.32. The van der Waals surface area contributed by atoms with E-state index in [0.717, 1.165) is 11.1 Å². The van der Waals surface area contributed by atoms with Gasteiger partial charge in [0.2, 0.25) is 5.88 Å². The van der Waals surface area contributed by atoms with Gasteiger partial charge >= 0.3 is 5.63 Å². The van der Waals surface area contributed by atoms with Gasteiger partial charge in [0.05, 0.1) is 22.4 Å². The molecule has 0 spiro atoms. The van der Waals surface area contributed by atoms with Crippen LogP contribution in [0.25, 0.3) is 28.0 Å². The average Bonchev–Trinajstić information content (AvgIpc) is 3.33. The topological polar surface area (TPSA) is 82.5 Å². The number of halogens is 1. The van der Waals surface area contributed by atoms with E-state index in [4.69, 9.17) is 14.1 Å². The summed E-state index contributed by atoms with van der Waals surface area (Å²) in [6.07, 6.45) is 1.53. The number of aromatic nitrogens is 4. The van der Waals surface area contributed by atoms with Crippen molar-refractivity contribution in [2.45, 2.75) is 12.8 Å². The lowest BCUT2D eigenvalue weighted by atomic mass is 9.84. The predicted molar refractivity (Wildman–Crippen MR) is 131 cm³/mol. The van der Waals surface area contributed by atoms with Gasteiger partial charge in [0.25, 0.3) is 0 Å². The molecule has 0 aliphatic carbocycles. The fraction of sp³-hybridized carbons (Fsp3) is 0.0714. The summed E-state index contributed by atoms with van der Waals surface area (Å²) >= 11 is 0. The molecule has 4 heterocycles. The molecule has 0 radical (unpaired) electrons. The van der Waals surface area contributed by atoms with Crippen molar-refractivity contribution in [3.8, 4) is 23.0 Å². The third-order valence-electron chi connectivity index (χ3n) is 6.48. The summed E-state index contributed by atoms with van der Waals surface area (Å²) in [5.41, 5.74) is 4.05. The lowest BCUT2D eigenvalue weighted by Gasteiger charge is -2.27. The second-order valence-electron chi connectivity index (χ2n) is 8.75. The highest BCUT2D eigenvalue weighted by molar-refractivity contribution is 5.87. The van der Waals surface area contributed by atoms with Crippen LogP contribution in [0.5, 0.6) is 11.6 Å². The van der Waals surface area contributed by atoms with E-state index in [1.165, 1.54) is 18.5 Å². The standard InChI is InChI=1S/C28H17FN4O3/c1-15-6-8-16(9-7-15)21-22-24(19-4-2-3-5-20(19)35-28(22)34)36-27-23(21)26-31-25(32-33(26)14-30-27)17-10-12-18(29)13-11-17/h2-14,21H,1H3. The molecule has 1 aliphatic heterocycles. The fourth-order valence-electron chi connectivity index (χ4n) is 4.74. The highest BCUT2D eigenvalue weighted by atomic mass is 19.1. The van der Waals surface area contributed by atoms with Crippen LogP contribution >= 0.6 is 0 Å². The van der Waals surface area contributed by atoms with E-state index in [0.29, 0.717) is 50.8 Å². The maximum absolute atomic E-state index is 13.5. The summed E-state index contributed by atoms with van der Waals surface area (Å²) in [6.45, 7) is 2.00. The molecule has 0 amide bonds. The van der Waals surface area contributed by atoms with Crippen molar-refractivity contribution in [3.05, 3.63) is 118 Å². The number of rotatable bonds is 2. The largest absolute Gasteiger partial charge is 0.437 e. The van der Waals surface area contributed by atoms with Gasteiger partial charge < -0.3 is 9.15 Å². The molecule has 3 aromatic heterocycles. The summed E-state index contributed by atoms with van der Waals surface area (Å²) in [5, 5.41) is 5.24. The summed E-state index contributed by atoms with van der Waals surface area (Å²) in [4.78, 5) is 22.7. The average molecular weight is 476 g/mol. The number of hydrogen-bond acceptors (Lipinski definition) is 6.